The Hall–Kier alpha value is -0.200. The molecule has 0 aromatic carbocycles. The molecule has 5 heteroatoms. The molecule has 19 heavy (non-hydrogen) atoms. The molecule has 5 nitrogen and oxygen atoms in total. The van der Waals surface area contributed by atoms with Gasteiger partial charge in [-0.25, -0.2) is 0 Å². The molecule has 3 aliphatic rings. The van der Waals surface area contributed by atoms with E-state index in [4.69, 9.17) is 19.9 Å². The van der Waals surface area contributed by atoms with E-state index in [0.717, 1.165) is 51.9 Å². The van der Waals surface area contributed by atoms with Crippen molar-refractivity contribution in [3.63, 3.8) is 0 Å². The van der Waals surface area contributed by atoms with Crippen LogP contribution in [0.1, 0.15) is 39.5 Å². The van der Waals surface area contributed by atoms with E-state index < -0.39 is 11.6 Å². The van der Waals surface area contributed by atoms with Crippen molar-refractivity contribution in [1.29, 1.82) is 0 Å². The van der Waals surface area contributed by atoms with E-state index in [2.05, 4.69) is 4.90 Å². The Morgan fingerprint density at radius 1 is 1.21 bits per heavy atom. The average molecular weight is 270 g/mol. The molecule has 0 aliphatic carbocycles. The van der Waals surface area contributed by atoms with Crippen LogP contribution >= 0.6 is 0 Å². The van der Waals surface area contributed by atoms with E-state index in [-0.39, 0.29) is 6.10 Å². The van der Waals surface area contributed by atoms with Gasteiger partial charge in [0.25, 0.3) is 0 Å². The molecular formula is C14H26N2O3. The first-order valence-electron chi connectivity index (χ1n) is 7.49. The molecule has 2 N–H and O–H groups in total. The minimum Gasteiger partial charge on any atom is -0.346 e. The van der Waals surface area contributed by atoms with Gasteiger partial charge in [-0.2, -0.15) is 0 Å². The number of hydrogen-bond donors (Lipinski definition) is 1. The van der Waals surface area contributed by atoms with Crippen molar-refractivity contribution in [2.24, 2.45) is 5.73 Å². The summed E-state index contributed by atoms with van der Waals surface area (Å²) in [5.74, 6) is -1.11. The van der Waals surface area contributed by atoms with Crippen LogP contribution in [-0.2, 0) is 14.2 Å². The topological polar surface area (TPSA) is 57.0 Å². The summed E-state index contributed by atoms with van der Waals surface area (Å²) < 4.78 is 18.2. The molecule has 0 bridgehead atoms. The number of fused-ring (bicyclic) bond motifs is 1. The summed E-state index contributed by atoms with van der Waals surface area (Å²) in [5.41, 5.74) is 5.96. The highest BCUT2D eigenvalue weighted by Crippen LogP contribution is 2.42. The smallest absolute Gasteiger partial charge is 0.210 e. The van der Waals surface area contributed by atoms with Crippen LogP contribution in [-0.4, -0.2) is 54.9 Å². The second-order valence-corrected chi connectivity index (χ2v) is 6.52. The summed E-state index contributed by atoms with van der Waals surface area (Å²) in [6, 6.07) is 0.356. The maximum absolute atomic E-state index is 6.15. The Morgan fingerprint density at radius 3 is 2.68 bits per heavy atom. The highest BCUT2D eigenvalue weighted by Gasteiger charge is 2.56. The summed E-state index contributed by atoms with van der Waals surface area (Å²) in [5, 5.41) is 0. The highest BCUT2D eigenvalue weighted by atomic mass is 16.8. The van der Waals surface area contributed by atoms with Crippen molar-refractivity contribution >= 4 is 0 Å². The second kappa shape index (κ2) is 4.97. The third-order valence-corrected chi connectivity index (χ3v) is 4.37. The first kappa shape index (κ1) is 13.8. The molecule has 0 unspecified atom stereocenters. The van der Waals surface area contributed by atoms with E-state index >= 15 is 0 Å². The third kappa shape index (κ3) is 2.81. The number of hydrogen-bond acceptors (Lipinski definition) is 5. The van der Waals surface area contributed by atoms with Crippen molar-refractivity contribution in [3.05, 3.63) is 0 Å². The zero-order valence-corrected chi connectivity index (χ0v) is 12.1. The molecule has 0 radical (unpaired) electrons. The van der Waals surface area contributed by atoms with Crippen molar-refractivity contribution in [1.82, 2.24) is 4.90 Å². The molecule has 3 saturated heterocycles. The van der Waals surface area contributed by atoms with Gasteiger partial charge in [0.05, 0.1) is 13.2 Å². The molecule has 0 aromatic rings. The third-order valence-electron chi connectivity index (χ3n) is 4.37. The molecule has 110 valence electrons. The lowest BCUT2D eigenvalue weighted by Crippen LogP contribution is -2.56. The Bertz CT molecular complexity index is 329. The molecule has 0 saturated carbocycles. The van der Waals surface area contributed by atoms with Gasteiger partial charge in [0.2, 0.25) is 5.79 Å². The van der Waals surface area contributed by atoms with Crippen LogP contribution in [0.4, 0.5) is 0 Å². The van der Waals surface area contributed by atoms with E-state index in [0.29, 0.717) is 6.04 Å². The molecule has 3 rings (SSSR count). The molecule has 3 heterocycles. The van der Waals surface area contributed by atoms with Crippen LogP contribution in [0.15, 0.2) is 0 Å². The maximum Gasteiger partial charge on any atom is 0.210 e. The first-order valence-corrected chi connectivity index (χ1v) is 7.49. The van der Waals surface area contributed by atoms with Gasteiger partial charge < -0.3 is 19.9 Å². The monoisotopic (exact) mass is 270 g/mol. The second-order valence-electron chi connectivity index (χ2n) is 6.52. The van der Waals surface area contributed by atoms with E-state index in [1.807, 2.05) is 13.8 Å². The van der Waals surface area contributed by atoms with E-state index in [1.165, 1.54) is 0 Å². The number of nitrogens with zero attached hydrogens (tertiary/aromatic N) is 1. The zero-order valence-electron chi connectivity index (χ0n) is 12.1. The van der Waals surface area contributed by atoms with Crippen LogP contribution < -0.4 is 5.73 Å². The predicted molar refractivity (Wildman–Crippen MR) is 71.6 cm³/mol. The fourth-order valence-electron chi connectivity index (χ4n) is 3.46. The zero-order chi connectivity index (χ0) is 13.5. The van der Waals surface area contributed by atoms with Crippen molar-refractivity contribution in [2.75, 3.05) is 26.2 Å². The Kier molecular flexibility index (Phi) is 3.60. The standard InChI is InChI=1S/C14H26N2O3/c1-13(2)18-12-4-3-9-17-14(12,19-13)10-16-7-5-11(15)6-8-16/h11-12H,3-10,15H2,1-2H3/t12-,14-/m0/s1. The molecule has 3 fully saturated rings. The number of nitrogens with two attached hydrogens (primary N) is 1. The summed E-state index contributed by atoms with van der Waals surface area (Å²) in [6.07, 6.45) is 4.26. The van der Waals surface area contributed by atoms with E-state index in [1.54, 1.807) is 0 Å². The maximum atomic E-state index is 6.15. The largest absolute Gasteiger partial charge is 0.346 e. The molecule has 0 aromatic heterocycles. The normalized spacial score (nSPS) is 40.3. The van der Waals surface area contributed by atoms with Gasteiger partial charge >= 0.3 is 0 Å². The Labute approximate surface area is 115 Å². The summed E-state index contributed by atoms with van der Waals surface area (Å²) in [4.78, 5) is 2.41. The minimum atomic E-state index is -0.566. The molecule has 3 aliphatic heterocycles. The lowest BCUT2D eigenvalue weighted by molar-refractivity contribution is -0.271. The van der Waals surface area contributed by atoms with Gasteiger partial charge in [0.1, 0.15) is 6.10 Å². The Morgan fingerprint density at radius 2 is 1.95 bits per heavy atom. The van der Waals surface area contributed by atoms with Crippen molar-refractivity contribution in [3.8, 4) is 0 Å². The van der Waals surface area contributed by atoms with Gasteiger partial charge in [-0.1, -0.05) is 0 Å². The van der Waals surface area contributed by atoms with Crippen LogP contribution in [0.25, 0.3) is 0 Å². The number of ether oxygens (including phenoxy) is 3. The molecular weight excluding hydrogens is 244 g/mol. The van der Waals surface area contributed by atoms with Crippen LogP contribution in [0.5, 0.6) is 0 Å². The molecule has 0 amide bonds. The van der Waals surface area contributed by atoms with Crippen LogP contribution in [0, 0.1) is 0 Å². The summed E-state index contributed by atoms with van der Waals surface area (Å²) >= 11 is 0. The Balaban J connectivity index is 1.69. The van der Waals surface area contributed by atoms with Crippen LogP contribution in [0.3, 0.4) is 0 Å². The van der Waals surface area contributed by atoms with Crippen molar-refractivity contribution in [2.45, 2.75) is 63.3 Å². The van der Waals surface area contributed by atoms with Gasteiger partial charge in [0.15, 0.2) is 5.79 Å². The van der Waals surface area contributed by atoms with Crippen LogP contribution in [0.2, 0.25) is 0 Å². The van der Waals surface area contributed by atoms with Gasteiger partial charge in [-0.05, 0) is 52.6 Å². The quantitative estimate of drug-likeness (QED) is 0.813. The van der Waals surface area contributed by atoms with Gasteiger partial charge in [0, 0.05) is 6.04 Å². The number of likely N-dealkylation sites (tertiary alicyclic amines) is 1. The fourth-order valence-corrected chi connectivity index (χ4v) is 3.46. The van der Waals surface area contributed by atoms with Gasteiger partial charge in [-0.3, -0.25) is 4.90 Å². The summed E-state index contributed by atoms with van der Waals surface area (Å²) in [6.45, 7) is 7.58. The van der Waals surface area contributed by atoms with Crippen molar-refractivity contribution < 1.29 is 14.2 Å². The SMILES string of the molecule is CC1(C)O[C@H]2CCCO[C@@]2(CN2CCC(N)CC2)O1. The first-order chi connectivity index (χ1) is 8.99. The summed E-state index contributed by atoms with van der Waals surface area (Å²) in [7, 11) is 0. The van der Waals surface area contributed by atoms with Gasteiger partial charge in [-0.15, -0.1) is 0 Å². The molecule has 2 atom stereocenters. The average Bonchev–Trinajstić information content (AvgIpc) is 2.62. The number of piperidine rings is 1. The number of rotatable bonds is 2. The highest BCUT2D eigenvalue weighted by molar-refractivity contribution is 4.94. The fraction of sp³-hybridized carbons (Fsp3) is 1.00. The minimum absolute atomic E-state index is 0.0619. The predicted octanol–water partition coefficient (Wildman–Crippen LogP) is 1.07. The lowest BCUT2D eigenvalue weighted by atomic mass is 9.99. The molecule has 0 spiro atoms. The van der Waals surface area contributed by atoms with E-state index in [9.17, 15) is 0 Å². The lowest BCUT2D eigenvalue weighted by Gasteiger charge is -2.41.